The number of nitro groups is 1. The number of hydrogen-bond acceptors (Lipinski definition) is 3. The third-order valence-electron chi connectivity index (χ3n) is 2.92. The van der Waals surface area contributed by atoms with Crippen LogP contribution in [-0.2, 0) is 0 Å². The van der Waals surface area contributed by atoms with E-state index in [-0.39, 0.29) is 11.4 Å². The molecular weight excluding hydrogens is 230 g/mol. The van der Waals surface area contributed by atoms with Crippen molar-refractivity contribution in [2.45, 2.75) is 13.8 Å². The number of aryl methyl sites for hydroxylation is 1. The van der Waals surface area contributed by atoms with Crippen LogP contribution < -0.4 is 0 Å². The van der Waals surface area contributed by atoms with Gasteiger partial charge in [0, 0.05) is 5.56 Å². The Kier molecular flexibility index (Phi) is 3.02. The minimum atomic E-state index is -0.552. The zero-order valence-electron chi connectivity index (χ0n) is 10.2. The molecule has 0 saturated carbocycles. The standard InChI is InChI=1S/C14H13NO3/c1-9-4-3-5-11(8-9)12-6-7-13(16)14(10(12)2)15(17)18/h3-8,16H,1-2H3. The minimum Gasteiger partial charge on any atom is -0.502 e. The topological polar surface area (TPSA) is 63.4 Å². The summed E-state index contributed by atoms with van der Waals surface area (Å²) in [5.74, 6) is -0.297. The van der Waals surface area contributed by atoms with Gasteiger partial charge in [-0.3, -0.25) is 10.1 Å². The van der Waals surface area contributed by atoms with E-state index in [1.165, 1.54) is 6.07 Å². The summed E-state index contributed by atoms with van der Waals surface area (Å²) >= 11 is 0. The fourth-order valence-corrected chi connectivity index (χ4v) is 2.04. The van der Waals surface area contributed by atoms with Crippen molar-refractivity contribution in [2.75, 3.05) is 0 Å². The number of nitrogens with zero attached hydrogens (tertiary/aromatic N) is 1. The summed E-state index contributed by atoms with van der Waals surface area (Å²) in [4.78, 5) is 10.4. The van der Waals surface area contributed by atoms with Crippen molar-refractivity contribution in [1.29, 1.82) is 0 Å². The third-order valence-corrected chi connectivity index (χ3v) is 2.92. The lowest BCUT2D eigenvalue weighted by Crippen LogP contribution is -1.94. The Hall–Kier alpha value is -2.36. The van der Waals surface area contributed by atoms with E-state index in [9.17, 15) is 15.2 Å². The average Bonchev–Trinajstić information content (AvgIpc) is 2.28. The van der Waals surface area contributed by atoms with Crippen LogP contribution >= 0.6 is 0 Å². The molecule has 0 saturated heterocycles. The summed E-state index contributed by atoms with van der Waals surface area (Å²) in [5, 5.41) is 20.5. The third kappa shape index (κ3) is 2.05. The molecule has 18 heavy (non-hydrogen) atoms. The number of phenolic OH excluding ortho intramolecular Hbond substituents is 1. The van der Waals surface area contributed by atoms with Crippen LogP contribution in [0.3, 0.4) is 0 Å². The second-order valence-corrected chi connectivity index (χ2v) is 4.23. The number of aromatic hydroxyl groups is 1. The molecule has 92 valence electrons. The molecular formula is C14H13NO3. The van der Waals surface area contributed by atoms with Crippen LogP contribution in [0.2, 0.25) is 0 Å². The smallest absolute Gasteiger partial charge is 0.314 e. The largest absolute Gasteiger partial charge is 0.502 e. The Morgan fingerprint density at radius 1 is 1.17 bits per heavy atom. The van der Waals surface area contributed by atoms with Crippen molar-refractivity contribution in [3.63, 3.8) is 0 Å². The SMILES string of the molecule is Cc1cccc(-c2ccc(O)c([N+](=O)[O-])c2C)c1. The molecule has 0 fully saturated rings. The molecule has 0 aliphatic carbocycles. The molecule has 0 aromatic heterocycles. The lowest BCUT2D eigenvalue weighted by Gasteiger charge is -2.08. The molecule has 0 amide bonds. The summed E-state index contributed by atoms with van der Waals surface area (Å²) in [7, 11) is 0. The monoisotopic (exact) mass is 243 g/mol. The first kappa shape index (κ1) is 12.1. The van der Waals surface area contributed by atoms with Gasteiger partial charge in [0.05, 0.1) is 4.92 Å². The Morgan fingerprint density at radius 3 is 2.50 bits per heavy atom. The number of hydrogen-bond donors (Lipinski definition) is 1. The Labute approximate surface area is 105 Å². The second-order valence-electron chi connectivity index (χ2n) is 4.23. The maximum Gasteiger partial charge on any atom is 0.314 e. The van der Waals surface area contributed by atoms with Crippen LogP contribution in [0.15, 0.2) is 36.4 Å². The van der Waals surface area contributed by atoms with E-state index in [0.29, 0.717) is 5.56 Å². The number of rotatable bonds is 2. The summed E-state index contributed by atoms with van der Waals surface area (Å²) in [6, 6.07) is 10.8. The van der Waals surface area contributed by atoms with Gasteiger partial charge < -0.3 is 5.11 Å². The molecule has 1 N–H and O–H groups in total. The van der Waals surface area contributed by atoms with E-state index in [4.69, 9.17) is 0 Å². The highest BCUT2D eigenvalue weighted by atomic mass is 16.6. The van der Waals surface area contributed by atoms with Crippen molar-refractivity contribution in [2.24, 2.45) is 0 Å². The van der Waals surface area contributed by atoms with E-state index < -0.39 is 4.92 Å². The van der Waals surface area contributed by atoms with Gasteiger partial charge in [0.1, 0.15) is 0 Å². The fourth-order valence-electron chi connectivity index (χ4n) is 2.04. The van der Waals surface area contributed by atoms with E-state index in [2.05, 4.69) is 0 Å². The molecule has 0 heterocycles. The number of benzene rings is 2. The number of nitro benzene ring substituents is 1. The van der Waals surface area contributed by atoms with Crippen LogP contribution in [0.25, 0.3) is 11.1 Å². The van der Waals surface area contributed by atoms with E-state index in [0.717, 1.165) is 16.7 Å². The fraction of sp³-hybridized carbons (Fsp3) is 0.143. The van der Waals surface area contributed by atoms with Crippen molar-refractivity contribution in [3.8, 4) is 16.9 Å². The normalized spacial score (nSPS) is 10.3. The van der Waals surface area contributed by atoms with Gasteiger partial charge in [0.2, 0.25) is 0 Å². The van der Waals surface area contributed by atoms with Crippen LogP contribution in [0.5, 0.6) is 5.75 Å². The predicted octanol–water partition coefficient (Wildman–Crippen LogP) is 3.58. The van der Waals surface area contributed by atoms with Gasteiger partial charge in [-0.25, -0.2) is 0 Å². The van der Waals surface area contributed by atoms with E-state index >= 15 is 0 Å². The molecule has 2 aromatic carbocycles. The van der Waals surface area contributed by atoms with Gasteiger partial charge in [-0.15, -0.1) is 0 Å². The summed E-state index contributed by atoms with van der Waals surface area (Å²) < 4.78 is 0. The molecule has 2 rings (SSSR count). The first-order valence-corrected chi connectivity index (χ1v) is 5.54. The Balaban J connectivity index is 2.67. The van der Waals surface area contributed by atoms with Crippen molar-refractivity contribution >= 4 is 5.69 Å². The average molecular weight is 243 g/mol. The molecule has 0 aliphatic rings. The maximum atomic E-state index is 10.9. The van der Waals surface area contributed by atoms with Crippen molar-refractivity contribution in [3.05, 3.63) is 57.6 Å². The van der Waals surface area contributed by atoms with Gasteiger partial charge >= 0.3 is 5.69 Å². The Morgan fingerprint density at radius 2 is 1.89 bits per heavy atom. The lowest BCUT2D eigenvalue weighted by molar-refractivity contribution is -0.386. The maximum absolute atomic E-state index is 10.9. The zero-order valence-corrected chi connectivity index (χ0v) is 10.2. The molecule has 0 spiro atoms. The molecule has 2 aromatic rings. The highest BCUT2D eigenvalue weighted by molar-refractivity contribution is 5.74. The van der Waals surface area contributed by atoms with Gasteiger partial charge in [0.15, 0.2) is 5.75 Å². The molecule has 0 unspecified atom stereocenters. The molecule has 0 atom stereocenters. The van der Waals surface area contributed by atoms with E-state index in [1.54, 1.807) is 13.0 Å². The first-order valence-electron chi connectivity index (χ1n) is 5.54. The minimum absolute atomic E-state index is 0.228. The summed E-state index contributed by atoms with van der Waals surface area (Å²) in [6.07, 6.45) is 0. The van der Waals surface area contributed by atoms with Crippen molar-refractivity contribution < 1.29 is 10.0 Å². The molecule has 0 bridgehead atoms. The molecule has 4 heteroatoms. The van der Waals surface area contributed by atoms with Crippen LogP contribution in [0.1, 0.15) is 11.1 Å². The van der Waals surface area contributed by atoms with Crippen LogP contribution in [0.4, 0.5) is 5.69 Å². The molecule has 0 radical (unpaired) electrons. The Bertz CT molecular complexity index is 620. The predicted molar refractivity (Wildman–Crippen MR) is 69.7 cm³/mol. The quantitative estimate of drug-likeness (QED) is 0.647. The van der Waals surface area contributed by atoms with Crippen LogP contribution in [-0.4, -0.2) is 10.0 Å². The van der Waals surface area contributed by atoms with Gasteiger partial charge in [-0.05, 0) is 37.1 Å². The van der Waals surface area contributed by atoms with Crippen LogP contribution in [0, 0.1) is 24.0 Å². The molecule has 0 aliphatic heterocycles. The second kappa shape index (κ2) is 4.49. The van der Waals surface area contributed by atoms with E-state index in [1.807, 2.05) is 31.2 Å². The number of phenols is 1. The van der Waals surface area contributed by atoms with Crippen molar-refractivity contribution in [1.82, 2.24) is 0 Å². The lowest BCUT2D eigenvalue weighted by atomic mass is 9.97. The summed E-state index contributed by atoms with van der Waals surface area (Å²) in [5.41, 5.74) is 3.01. The first-order chi connectivity index (χ1) is 8.50. The van der Waals surface area contributed by atoms with Gasteiger partial charge in [-0.2, -0.15) is 0 Å². The van der Waals surface area contributed by atoms with Gasteiger partial charge in [0.25, 0.3) is 0 Å². The highest BCUT2D eigenvalue weighted by Crippen LogP contribution is 2.36. The highest BCUT2D eigenvalue weighted by Gasteiger charge is 2.20. The van der Waals surface area contributed by atoms with Gasteiger partial charge in [-0.1, -0.05) is 29.8 Å². The molecule has 4 nitrogen and oxygen atoms in total. The zero-order chi connectivity index (χ0) is 13.3. The summed E-state index contributed by atoms with van der Waals surface area (Å²) in [6.45, 7) is 3.61.